The fourth-order valence-electron chi connectivity index (χ4n) is 6.83. The monoisotopic (exact) mass is 855 g/mol. The van der Waals surface area contributed by atoms with Crippen molar-refractivity contribution in [2.24, 2.45) is 0 Å². The average Bonchev–Trinajstić information content (AvgIpc) is 3.22. The minimum Gasteiger partial charge on any atom is -0.477 e. The number of benzene rings is 1. The number of hydrogen-bond donors (Lipinski definition) is 5. The molecule has 2 unspecified atom stereocenters. The van der Waals surface area contributed by atoms with Crippen LogP contribution in [0.15, 0.2) is 60.7 Å². The zero-order valence-corrected chi connectivity index (χ0v) is 37.4. The van der Waals surface area contributed by atoms with E-state index >= 15 is 0 Å². The molecule has 0 amide bonds. The summed E-state index contributed by atoms with van der Waals surface area (Å²) in [4.78, 5) is 31.4. The second kappa shape index (κ2) is 28.9. The second-order valence-corrected chi connectivity index (χ2v) is 18.8. The van der Waals surface area contributed by atoms with Crippen molar-refractivity contribution in [2.75, 3.05) is 54.1 Å². The van der Waals surface area contributed by atoms with E-state index in [1.807, 2.05) is 24.3 Å². The molecule has 0 aliphatic rings. The van der Waals surface area contributed by atoms with Crippen LogP contribution in [0.5, 0.6) is 0 Å². The number of likely N-dealkylation sites (N-methyl/N-ethyl adjacent to an activating group) is 1. The van der Waals surface area contributed by atoms with Crippen LogP contribution in [0.4, 0.5) is 0 Å². The largest absolute Gasteiger partial charge is 0.477 e. The van der Waals surface area contributed by atoms with Gasteiger partial charge in [0.1, 0.15) is 24.5 Å². The Morgan fingerprint density at radius 2 is 1.12 bits per heavy atom. The zero-order chi connectivity index (χ0) is 43.5. The van der Waals surface area contributed by atoms with Crippen LogP contribution in [0.3, 0.4) is 0 Å². The molecule has 2 aromatic heterocycles. The number of rotatable bonds is 35. The Balaban J connectivity index is 1.51. The summed E-state index contributed by atoms with van der Waals surface area (Å²) in [6.07, 6.45) is 19.9. The lowest BCUT2D eigenvalue weighted by molar-refractivity contribution is -0.870. The van der Waals surface area contributed by atoms with Crippen LogP contribution >= 0.6 is 7.60 Å². The van der Waals surface area contributed by atoms with Gasteiger partial charge in [-0.1, -0.05) is 114 Å². The van der Waals surface area contributed by atoms with Gasteiger partial charge in [0.25, 0.3) is 0 Å². The normalized spacial score (nSPS) is 13.3. The highest BCUT2D eigenvalue weighted by molar-refractivity contribution is 7.62. The summed E-state index contributed by atoms with van der Waals surface area (Å²) >= 11 is 0. The number of aromatic carboxylic acids is 2. The van der Waals surface area contributed by atoms with E-state index in [-0.39, 0.29) is 17.4 Å². The number of nitrogens with zero attached hydrogens (tertiary/aromatic N) is 3. The molecule has 334 valence electrons. The average molecular weight is 855 g/mol. The van der Waals surface area contributed by atoms with Crippen molar-refractivity contribution >= 4 is 24.8 Å². The first-order valence-electron chi connectivity index (χ1n) is 22.1. The summed E-state index contributed by atoms with van der Waals surface area (Å²) in [6.45, 7) is 2.83. The lowest BCUT2D eigenvalue weighted by Crippen LogP contribution is -2.40. The van der Waals surface area contributed by atoms with Crippen LogP contribution in [-0.4, -0.2) is 102 Å². The van der Waals surface area contributed by atoms with Crippen LogP contribution in [0.25, 0.3) is 0 Å². The van der Waals surface area contributed by atoms with Gasteiger partial charge in [-0.15, -0.1) is 0 Å². The number of nitrogens with one attached hydrogen (secondary N) is 2. The minimum absolute atomic E-state index is 0.0209. The number of quaternary nitrogens is 1. The molecule has 0 fully saturated rings. The maximum absolute atomic E-state index is 14.3. The Hall–Kier alpha value is -3.55. The predicted octanol–water partition coefficient (Wildman–Crippen LogP) is 8.16. The molecule has 60 heavy (non-hydrogen) atoms. The van der Waals surface area contributed by atoms with Crippen LogP contribution < -0.4 is 15.9 Å². The number of carbonyl (C=O) groups is 2. The van der Waals surface area contributed by atoms with Crippen LogP contribution in [0.1, 0.15) is 141 Å². The van der Waals surface area contributed by atoms with Gasteiger partial charge in [0.05, 0.1) is 44.4 Å². The standard InChI is InChI=1S/C46H72N5O8P/c1-51(2,3)30-33-59-60(57,58-32-19-17-15-13-11-9-7-5-4-6-8-10-12-14-16-18-31-52)42-28-26-38(27-29-42)34-41(48-37-40-23-21-25-44(50-40)46(55)56)36-47-35-39-22-20-24-43(49-39)45(53)54/h20-29,41,47-48,52H,4-19,30-37H2,1-3H3,(H-,53,54,55,56)/p+1. The Morgan fingerprint density at radius 1 is 0.650 bits per heavy atom. The van der Waals surface area contributed by atoms with Crippen LogP contribution in [-0.2, 0) is 33.1 Å². The van der Waals surface area contributed by atoms with Gasteiger partial charge in [-0.3, -0.25) is 9.09 Å². The highest BCUT2D eigenvalue weighted by Gasteiger charge is 2.29. The number of aliphatic hydroxyl groups is 1. The summed E-state index contributed by atoms with van der Waals surface area (Å²) in [5, 5.41) is 35.0. The topological polar surface area (TPSA) is 180 Å². The Morgan fingerprint density at radius 3 is 1.60 bits per heavy atom. The predicted molar refractivity (Wildman–Crippen MR) is 238 cm³/mol. The highest BCUT2D eigenvalue weighted by atomic mass is 31.2. The van der Waals surface area contributed by atoms with Gasteiger partial charge in [0.2, 0.25) is 0 Å². The fraction of sp³-hybridized carbons (Fsp3) is 0.609. The van der Waals surface area contributed by atoms with Gasteiger partial charge < -0.3 is 35.0 Å². The molecule has 0 bridgehead atoms. The molecule has 13 nitrogen and oxygen atoms in total. The number of pyridine rings is 2. The van der Waals surface area contributed by atoms with E-state index in [4.69, 9.17) is 14.2 Å². The number of unbranched alkanes of at least 4 members (excludes halogenated alkanes) is 15. The molecule has 0 radical (unpaired) electrons. The summed E-state index contributed by atoms with van der Waals surface area (Å²) in [5.74, 6) is -2.18. The summed E-state index contributed by atoms with van der Waals surface area (Å²) in [6, 6.07) is 17.2. The van der Waals surface area contributed by atoms with Crippen molar-refractivity contribution in [3.8, 4) is 0 Å². The molecule has 2 atom stereocenters. The third-order valence-electron chi connectivity index (χ3n) is 10.4. The molecule has 2 heterocycles. The Labute approximate surface area is 358 Å². The third-order valence-corrected chi connectivity index (χ3v) is 12.4. The summed E-state index contributed by atoms with van der Waals surface area (Å²) < 4.78 is 27.2. The van der Waals surface area contributed by atoms with Crippen molar-refractivity contribution in [3.05, 3.63) is 89.0 Å². The molecule has 5 N–H and O–H groups in total. The van der Waals surface area contributed by atoms with Gasteiger partial charge in [-0.25, -0.2) is 19.6 Å². The maximum Gasteiger partial charge on any atom is 0.361 e. The number of aromatic nitrogens is 2. The van der Waals surface area contributed by atoms with Gasteiger partial charge in [0.15, 0.2) is 0 Å². The molecule has 0 spiro atoms. The second-order valence-electron chi connectivity index (χ2n) is 16.8. The smallest absolute Gasteiger partial charge is 0.361 e. The van der Waals surface area contributed by atoms with Gasteiger partial charge in [-0.2, -0.15) is 0 Å². The highest BCUT2D eigenvalue weighted by Crippen LogP contribution is 2.47. The molecule has 3 rings (SSSR count). The molecule has 0 saturated heterocycles. The van der Waals surface area contributed by atoms with Crippen molar-refractivity contribution in [1.29, 1.82) is 0 Å². The fourth-order valence-corrected chi connectivity index (χ4v) is 8.41. The molecule has 0 saturated carbocycles. The molecule has 0 aliphatic carbocycles. The van der Waals surface area contributed by atoms with E-state index in [9.17, 15) is 24.4 Å². The van der Waals surface area contributed by atoms with E-state index in [0.29, 0.717) is 73.6 Å². The SMILES string of the molecule is C[N+](C)(C)CCOP(=O)(OCCCCCCCCCCCCCCCCCCO)c1ccc(CC(CNCc2cccc(C(=O)O)n2)NCc2cccc(C(=O)O)n2)cc1. The molecular formula is C46H73N5O8P+. The summed E-state index contributed by atoms with van der Waals surface area (Å²) in [5.41, 5.74) is 2.12. The lowest BCUT2D eigenvalue weighted by Gasteiger charge is -2.25. The third kappa shape index (κ3) is 21.8. The maximum atomic E-state index is 14.3. The van der Waals surface area contributed by atoms with Crippen LogP contribution in [0, 0.1) is 0 Å². The van der Waals surface area contributed by atoms with E-state index in [0.717, 1.165) is 37.7 Å². The van der Waals surface area contributed by atoms with Crippen molar-refractivity contribution in [2.45, 2.75) is 128 Å². The van der Waals surface area contributed by atoms with E-state index in [1.165, 1.54) is 82.8 Å². The Bertz CT molecular complexity index is 1700. The van der Waals surface area contributed by atoms with E-state index in [1.54, 1.807) is 24.3 Å². The van der Waals surface area contributed by atoms with Crippen molar-refractivity contribution < 1.29 is 43.0 Å². The quantitative estimate of drug-likeness (QED) is 0.0218. The van der Waals surface area contributed by atoms with Gasteiger partial charge in [-0.05, 0) is 61.2 Å². The van der Waals surface area contributed by atoms with Crippen molar-refractivity contribution in [3.63, 3.8) is 0 Å². The first-order valence-corrected chi connectivity index (χ1v) is 23.7. The molecule has 1 aromatic carbocycles. The van der Waals surface area contributed by atoms with Gasteiger partial charge in [0, 0.05) is 32.3 Å². The first kappa shape index (κ1) is 50.8. The number of aliphatic hydroxyl groups excluding tert-OH is 1. The molecule has 14 heteroatoms. The molecular weight excluding hydrogens is 782 g/mol. The Kier molecular flexibility index (Phi) is 24.5. The van der Waals surface area contributed by atoms with Crippen molar-refractivity contribution in [1.82, 2.24) is 20.6 Å². The first-order chi connectivity index (χ1) is 28.9. The number of carboxylic acid groups (broad SMARTS) is 2. The lowest BCUT2D eigenvalue weighted by atomic mass is 10.0. The zero-order valence-electron chi connectivity index (χ0n) is 36.5. The molecule has 3 aromatic rings. The van der Waals surface area contributed by atoms with Gasteiger partial charge >= 0.3 is 19.5 Å². The number of hydrogen-bond acceptors (Lipinski definition) is 10. The summed E-state index contributed by atoms with van der Waals surface area (Å²) in [7, 11) is 2.62. The minimum atomic E-state index is -3.58. The van der Waals surface area contributed by atoms with E-state index in [2.05, 4.69) is 41.7 Å². The molecule has 0 aliphatic heterocycles. The van der Waals surface area contributed by atoms with Crippen LogP contribution in [0.2, 0.25) is 0 Å². The van der Waals surface area contributed by atoms with E-state index < -0.39 is 19.5 Å². The number of carboxylic acids is 2.